The van der Waals surface area contributed by atoms with Gasteiger partial charge in [-0.15, -0.1) is 0 Å². The fraction of sp³-hybridized carbons (Fsp3) is 0.667. The summed E-state index contributed by atoms with van der Waals surface area (Å²) >= 11 is 0. The van der Waals surface area contributed by atoms with Crippen molar-refractivity contribution in [3.05, 3.63) is 29.8 Å². The number of ether oxygens (including phenoxy) is 1. The smallest absolute Gasteiger partial charge is 0.0469 e. The number of benzene rings is 1. The highest BCUT2D eigenvalue weighted by Crippen LogP contribution is 2.43. The summed E-state index contributed by atoms with van der Waals surface area (Å²) < 4.78 is 5.48. The summed E-state index contributed by atoms with van der Waals surface area (Å²) in [6, 6.07) is 8.91. The highest BCUT2D eigenvalue weighted by molar-refractivity contribution is 5.60. The molecule has 3 nitrogen and oxygen atoms in total. The number of nitrogens with one attached hydrogen (secondary N) is 1. The van der Waals surface area contributed by atoms with Crippen LogP contribution in [0.5, 0.6) is 0 Å². The lowest BCUT2D eigenvalue weighted by Gasteiger charge is -2.41. The van der Waals surface area contributed by atoms with Crippen molar-refractivity contribution < 1.29 is 4.74 Å². The molecule has 0 aromatic heterocycles. The van der Waals surface area contributed by atoms with E-state index < -0.39 is 0 Å². The minimum absolute atomic E-state index is 0.406. The molecule has 1 N–H and O–H groups in total. The van der Waals surface area contributed by atoms with E-state index in [9.17, 15) is 0 Å². The predicted molar refractivity (Wildman–Crippen MR) is 85.8 cm³/mol. The van der Waals surface area contributed by atoms with Gasteiger partial charge in [0.25, 0.3) is 0 Å². The van der Waals surface area contributed by atoms with E-state index >= 15 is 0 Å². The third kappa shape index (κ3) is 2.58. The molecule has 0 unspecified atom stereocenters. The average Bonchev–Trinajstić information content (AvgIpc) is 2.90. The van der Waals surface area contributed by atoms with Gasteiger partial charge < -0.3 is 15.0 Å². The second kappa shape index (κ2) is 5.62. The maximum absolute atomic E-state index is 5.48. The first-order valence-corrected chi connectivity index (χ1v) is 8.49. The van der Waals surface area contributed by atoms with Crippen LogP contribution in [0.1, 0.15) is 31.2 Å². The lowest BCUT2D eigenvalue weighted by molar-refractivity contribution is 0.0455. The molecule has 2 saturated heterocycles. The summed E-state index contributed by atoms with van der Waals surface area (Å²) in [6.45, 7) is 6.88. The molecule has 114 valence electrons. The van der Waals surface area contributed by atoms with Gasteiger partial charge in [-0.1, -0.05) is 18.2 Å². The zero-order valence-corrected chi connectivity index (χ0v) is 12.8. The molecule has 21 heavy (non-hydrogen) atoms. The fourth-order valence-corrected chi connectivity index (χ4v) is 4.36. The van der Waals surface area contributed by atoms with Crippen molar-refractivity contribution in [3.8, 4) is 0 Å². The molecule has 0 atom stereocenters. The molecular weight excluding hydrogens is 260 g/mol. The maximum atomic E-state index is 5.48. The second-order valence-electron chi connectivity index (χ2n) is 7.04. The van der Waals surface area contributed by atoms with E-state index in [2.05, 4.69) is 34.5 Å². The Kier molecular flexibility index (Phi) is 3.64. The van der Waals surface area contributed by atoms with Gasteiger partial charge in [0.1, 0.15) is 0 Å². The molecular formula is C18H26N2O. The van der Waals surface area contributed by atoms with Crippen LogP contribution >= 0.6 is 0 Å². The Balaban J connectivity index is 1.39. The molecule has 0 amide bonds. The Labute approximate surface area is 127 Å². The number of piperidine rings is 1. The molecule has 4 rings (SSSR count). The SMILES string of the molecule is c1ccc2c(c1)NCC21CCN(CC2CCOCC2)CC1. The van der Waals surface area contributed by atoms with Crippen LogP contribution in [0.15, 0.2) is 24.3 Å². The van der Waals surface area contributed by atoms with Crippen LogP contribution in [0.4, 0.5) is 5.69 Å². The van der Waals surface area contributed by atoms with E-state index in [0.717, 1.165) is 25.7 Å². The van der Waals surface area contributed by atoms with E-state index in [4.69, 9.17) is 4.74 Å². The topological polar surface area (TPSA) is 24.5 Å². The number of anilines is 1. The molecule has 3 heteroatoms. The van der Waals surface area contributed by atoms with Crippen molar-refractivity contribution in [2.75, 3.05) is 44.7 Å². The Morgan fingerprint density at radius 2 is 1.90 bits per heavy atom. The number of para-hydroxylation sites is 1. The van der Waals surface area contributed by atoms with Crippen LogP contribution in [0, 0.1) is 5.92 Å². The predicted octanol–water partition coefficient (Wildman–Crippen LogP) is 2.87. The fourth-order valence-electron chi connectivity index (χ4n) is 4.36. The summed E-state index contributed by atoms with van der Waals surface area (Å²) in [5.74, 6) is 0.863. The molecule has 1 spiro atoms. The van der Waals surface area contributed by atoms with Crippen molar-refractivity contribution in [1.82, 2.24) is 4.90 Å². The van der Waals surface area contributed by atoms with Crippen molar-refractivity contribution in [2.24, 2.45) is 5.92 Å². The largest absolute Gasteiger partial charge is 0.384 e. The van der Waals surface area contributed by atoms with Gasteiger partial charge in [0, 0.05) is 37.4 Å². The van der Waals surface area contributed by atoms with Gasteiger partial charge in [-0.05, 0) is 56.3 Å². The summed E-state index contributed by atoms with van der Waals surface area (Å²) in [7, 11) is 0. The second-order valence-corrected chi connectivity index (χ2v) is 7.04. The van der Waals surface area contributed by atoms with E-state index in [1.807, 2.05) is 0 Å². The third-order valence-corrected chi connectivity index (χ3v) is 5.79. The van der Waals surface area contributed by atoms with Gasteiger partial charge in [0.2, 0.25) is 0 Å². The molecule has 2 fully saturated rings. The summed E-state index contributed by atoms with van der Waals surface area (Å²) in [5, 5.41) is 3.62. The first-order chi connectivity index (χ1) is 10.4. The average molecular weight is 286 g/mol. The van der Waals surface area contributed by atoms with Gasteiger partial charge in [-0.2, -0.15) is 0 Å². The van der Waals surface area contributed by atoms with Crippen LogP contribution < -0.4 is 5.32 Å². The third-order valence-electron chi connectivity index (χ3n) is 5.79. The van der Waals surface area contributed by atoms with Crippen molar-refractivity contribution >= 4 is 5.69 Å². The van der Waals surface area contributed by atoms with E-state index in [-0.39, 0.29) is 0 Å². The van der Waals surface area contributed by atoms with Crippen molar-refractivity contribution in [3.63, 3.8) is 0 Å². The zero-order chi connectivity index (χ0) is 14.1. The van der Waals surface area contributed by atoms with Crippen LogP contribution in [-0.4, -0.2) is 44.3 Å². The standard InChI is InChI=1S/C18H26N2O/c1-2-4-17-16(3-1)18(14-19-17)7-9-20(10-8-18)13-15-5-11-21-12-6-15/h1-4,15,19H,5-14H2. The summed E-state index contributed by atoms with van der Waals surface area (Å²) in [6.07, 6.45) is 5.12. The van der Waals surface area contributed by atoms with Crippen LogP contribution in [0.2, 0.25) is 0 Å². The quantitative estimate of drug-likeness (QED) is 0.905. The number of hydrogen-bond donors (Lipinski definition) is 1. The summed E-state index contributed by atoms with van der Waals surface area (Å²) in [4.78, 5) is 2.70. The monoisotopic (exact) mass is 286 g/mol. The molecule has 0 radical (unpaired) electrons. The number of nitrogens with zero attached hydrogens (tertiary/aromatic N) is 1. The molecule has 0 bridgehead atoms. The van der Waals surface area contributed by atoms with Gasteiger partial charge in [-0.25, -0.2) is 0 Å². The number of likely N-dealkylation sites (tertiary alicyclic amines) is 1. The summed E-state index contributed by atoms with van der Waals surface area (Å²) in [5.41, 5.74) is 3.34. The Morgan fingerprint density at radius 3 is 2.71 bits per heavy atom. The van der Waals surface area contributed by atoms with Crippen LogP contribution in [0.3, 0.4) is 0 Å². The minimum atomic E-state index is 0.406. The number of hydrogen-bond acceptors (Lipinski definition) is 3. The lowest BCUT2D eigenvalue weighted by Crippen LogP contribution is -2.45. The van der Waals surface area contributed by atoms with E-state index in [0.29, 0.717) is 5.41 Å². The molecule has 0 aliphatic carbocycles. The van der Waals surface area contributed by atoms with Gasteiger partial charge >= 0.3 is 0 Å². The molecule has 3 aliphatic rings. The Morgan fingerprint density at radius 1 is 1.14 bits per heavy atom. The molecule has 3 aliphatic heterocycles. The molecule has 3 heterocycles. The first kappa shape index (κ1) is 13.6. The number of rotatable bonds is 2. The van der Waals surface area contributed by atoms with Gasteiger partial charge in [-0.3, -0.25) is 0 Å². The first-order valence-electron chi connectivity index (χ1n) is 8.49. The lowest BCUT2D eigenvalue weighted by atomic mass is 9.74. The zero-order valence-electron chi connectivity index (χ0n) is 12.8. The molecule has 1 aromatic rings. The maximum Gasteiger partial charge on any atom is 0.0469 e. The van der Waals surface area contributed by atoms with E-state index in [1.165, 1.54) is 51.0 Å². The van der Waals surface area contributed by atoms with Crippen molar-refractivity contribution in [1.29, 1.82) is 0 Å². The highest BCUT2D eigenvalue weighted by atomic mass is 16.5. The van der Waals surface area contributed by atoms with E-state index in [1.54, 1.807) is 5.56 Å². The number of fused-ring (bicyclic) bond motifs is 2. The van der Waals surface area contributed by atoms with Crippen molar-refractivity contribution in [2.45, 2.75) is 31.1 Å². The van der Waals surface area contributed by atoms with Crippen LogP contribution in [-0.2, 0) is 10.2 Å². The van der Waals surface area contributed by atoms with Gasteiger partial charge in [0.15, 0.2) is 0 Å². The highest BCUT2D eigenvalue weighted by Gasteiger charge is 2.41. The minimum Gasteiger partial charge on any atom is -0.384 e. The Hall–Kier alpha value is -1.06. The molecule has 0 saturated carbocycles. The Bertz CT molecular complexity index is 488. The van der Waals surface area contributed by atoms with Gasteiger partial charge in [0.05, 0.1) is 0 Å². The molecule has 1 aromatic carbocycles. The normalized spacial score (nSPS) is 25.7. The van der Waals surface area contributed by atoms with Crippen LogP contribution in [0.25, 0.3) is 0 Å².